The molecule has 14 aromatic rings. The van der Waals surface area contributed by atoms with Gasteiger partial charge in [0.05, 0.1) is 0 Å². The molecule has 13 aromatic carbocycles. The van der Waals surface area contributed by atoms with Gasteiger partial charge in [-0.15, -0.1) is 0 Å². The molecule has 1 heteroatoms. The standard InChI is InChI=1S/C68H42O/c1-3-19-43(20-4-1)44-37-39-46(40-38-44)63-50-25-9-11-27-52(50)66(53-28-12-10-26-51(53)63)60-34-17-35-61-67-59(33-18-36-62(67)69-68(60)61)65-56-31-15-13-29-54(56)64(55-30-14-16-32-57(55)65)58-42-41-47(45-21-5-2-6-22-45)48-23-7-8-24-49(48)58/h1-42H. The number of para-hydroxylation sites is 1. The molecule has 0 unspecified atom stereocenters. The highest BCUT2D eigenvalue weighted by atomic mass is 16.3. The summed E-state index contributed by atoms with van der Waals surface area (Å²) in [4.78, 5) is 0. The number of fused-ring (bicyclic) bond motifs is 8. The molecule has 0 bridgehead atoms. The molecule has 0 aliphatic rings. The first-order valence-corrected chi connectivity index (χ1v) is 23.8. The van der Waals surface area contributed by atoms with Crippen molar-refractivity contribution in [1.29, 1.82) is 0 Å². The van der Waals surface area contributed by atoms with Gasteiger partial charge >= 0.3 is 0 Å². The third-order valence-electron chi connectivity index (χ3n) is 14.5. The first kappa shape index (κ1) is 39.2. The van der Waals surface area contributed by atoms with Crippen LogP contribution in [0.25, 0.3) is 143 Å². The van der Waals surface area contributed by atoms with E-state index < -0.39 is 0 Å². The lowest BCUT2D eigenvalue weighted by molar-refractivity contribution is 0.670. The van der Waals surface area contributed by atoms with Crippen molar-refractivity contribution in [2.45, 2.75) is 0 Å². The zero-order valence-corrected chi connectivity index (χ0v) is 37.7. The number of rotatable bonds is 6. The Hall–Kier alpha value is -9.04. The van der Waals surface area contributed by atoms with Gasteiger partial charge < -0.3 is 4.42 Å². The van der Waals surface area contributed by atoms with E-state index in [2.05, 4.69) is 255 Å². The first-order valence-electron chi connectivity index (χ1n) is 23.8. The zero-order valence-electron chi connectivity index (χ0n) is 37.7. The van der Waals surface area contributed by atoms with Gasteiger partial charge in [-0.1, -0.05) is 249 Å². The van der Waals surface area contributed by atoms with E-state index in [1.807, 2.05) is 0 Å². The average molecular weight is 875 g/mol. The molecule has 0 saturated carbocycles. The van der Waals surface area contributed by atoms with E-state index in [0.29, 0.717) is 0 Å². The van der Waals surface area contributed by atoms with Crippen molar-refractivity contribution in [2.24, 2.45) is 0 Å². The van der Waals surface area contributed by atoms with Crippen LogP contribution >= 0.6 is 0 Å². The fraction of sp³-hybridized carbons (Fsp3) is 0. The number of hydrogen-bond acceptors (Lipinski definition) is 1. The third-order valence-corrected chi connectivity index (χ3v) is 14.5. The van der Waals surface area contributed by atoms with Crippen molar-refractivity contribution >= 4 is 75.8 Å². The van der Waals surface area contributed by atoms with Gasteiger partial charge in [-0.3, -0.25) is 0 Å². The molecule has 0 saturated heterocycles. The van der Waals surface area contributed by atoms with E-state index in [-0.39, 0.29) is 0 Å². The molecular formula is C68H42O. The molecule has 0 amide bonds. The van der Waals surface area contributed by atoms with Crippen molar-refractivity contribution < 1.29 is 4.42 Å². The highest BCUT2D eigenvalue weighted by Gasteiger charge is 2.24. The number of benzene rings is 13. The van der Waals surface area contributed by atoms with Crippen molar-refractivity contribution in [1.82, 2.24) is 0 Å². The minimum Gasteiger partial charge on any atom is -0.455 e. The maximum atomic E-state index is 7.18. The summed E-state index contributed by atoms with van der Waals surface area (Å²) in [5.74, 6) is 0. The van der Waals surface area contributed by atoms with Gasteiger partial charge in [0, 0.05) is 21.9 Å². The molecule has 320 valence electrons. The van der Waals surface area contributed by atoms with Crippen LogP contribution in [0, 0.1) is 0 Å². The van der Waals surface area contributed by atoms with Gasteiger partial charge in [0.15, 0.2) is 0 Å². The van der Waals surface area contributed by atoms with Gasteiger partial charge in [-0.25, -0.2) is 0 Å². The van der Waals surface area contributed by atoms with Gasteiger partial charge in [-0.2, -0.15) is 0 Å². The average Bonchev–Trinajstić information content (AvgIpc) is 3.82. The molecule has 14 rings (SSSR count). The summed E-state index contributed by atoms with van der Waals surface area (Å²) in [5.41, 5.74) is 16.2. The SMILES string of the molecule is c1ccc(-c2ccc(-c3c4ccccc4c(-c4cccc5c4oc4cccc(-c6c7ccccc7c(-c7ccc(-c8ccccc8)c8ccccc78)c7ccccc67)c45)c4ccccc34)cc2)cc1. The normalized spacial score (nSPS) is 11.8. The van der Waals surface area contributed by atoms with Crippen LogP contribution in [0.3, 0.4) is 0 Å². The summed E-state index contributed by atoms with van der Waals surface area (Å²) >= 11 is 0. The van der Waals surface area contributed by atoms with Crippen molar-refractivity contribution in [3.8, 4) is 66.8 Å². The Balaban J connectivity index is 0.996. The predicted octanol–water partition coefficient (Wildman–Crippen LogP) is 19.4. The Morgan fingerprint density at radius 3 is 1.10 bits per heavy atom. The van der Waals surface area contributed by atoms with Crippen molar-refractivity contribution in [2.75, 3.05) is 0 Å². The van der Waals surface area contributed by atoms with Gasteiger partial charge in [0.25, 0.3) is 0 Å². The van der Waals surface area contributed by atoms with Gasteiger partial charge in [-0.05, 0) is 116 Å². The molecule has 0 fully saturated rings. The molecule has 1 heterocycles. The van der Waals surface area contributed by atoms with E-state index in [1.54, 1.807) is 0 Å². The highest BCUT2D eigenvalue weighted by Crippen LogP contribution is 2.51. The van der Waals surface area contributed by atoms with Crippen LogP contribution in [0.2, 0.25) is 0 Å². The van der Waals surface area contributed by atoms with Crippen LogP contribution in [0.5, 0.6) is 0 Å². The van der Waals surface area contributed by atoms with E-state index >= 15 is 0 Å². The molecule has 0 spiro atoms. The molecule has 0 atom stereocenters. The Morgan fingerprint density at radius 1 is 0.188 bits per heavy atom. The smallest absolute Gasteiger partial charge is 0.143 e. The van der Waals surface area contributed by atoms with Crippen LogP contribution < -0.4 is 0 Å². The van der Waals surface area contributed by atoms with Gasteiger partial charge in [0.2, 0.25) is 0 Å². The second-order valence-corrected chi connectivity index (χ2v) is 18.2. The Bertz CT molecular complexity index is 4220. The quantitative estimate of drug-likeness (QED) is 0.152. The Morgan fingerprint density at radius 2 is 0.551 bits per heavy atom. The van der Waals surface area contributed by atoms with Crippen LogP contribution in [0.4, 0.5) is 0 Å². The van der Waals surface area contributed by atoms with E-state index in [4.69, 9.17) is 4.42 Å². The van der Waals surface area contributed by atoms with E-state index in [0.717, 1.165) is 33.1 Å². The fourth-order valence-electron chi connectivity index (χ4n) is 11.5. The maximum absolute atomic E-state index is 7.18. The summed E-state index contributed by atoms with van der Waals surface area (Å²) in [7, 11) is 0. The second-order valence-electron chi connectivity index (χ2n) is 18.2. The maximum Gasteiger partial charge on any atom is 0.143 e. The van der Waals surface area contributed by atoms with Crippen molar-refractivity contribution in [3.63, 3.8) is 0 Å². The molecule has 0 radical (unpaired) electrons. The molecule has 1 aromatic heterocycles. The number of hydrogen-bond donors (Lipinski definition) is 0. The zero-order chi connectivity index (χ0) is 45.4. The lowest BCUT2D eigenvalue weighted by Crippen LogP contribution is -1.93. The third kappa shape index (κ3) is 6.11. The lowest BCUT2D eigenvalue weighted by Gasteiger charge is -2.20. The largest absolute Gasteiger partial charge is 0.455 e. The molecular weight excluding hydrogens is 833 g/mol. The number of furan rings is 1. The molecule has 0 aliphatic carbocycles. The van der Waals surface area contributed by atoms with Crippen molar-refractivity contribution in [3.05, 3.63) is 255 Å². The summed E-state index contributed by atoms with van der Waals surface area (Å²) in [6.45, 7) is 0. The Kier molecular flexibility index (Phi) is 8.97. The predicted molar refractivity (Wildman–Crippen MR) is 294 cm³/mol. The van der Waals surface area contributed by atoms with E-state index in [1.165, 1.54) is 109 Å². The summed E-state index contributed by atoms with van der Waals surface area (Å²) < 4.78 is 7.18. The van der Waals surface area contributed by atoms with E-state index in [9.17, 15) is 0 Å². The Labute approximate surface area is 399 Å². The van der Waals surface area contributed by atoms with Gasteiger partial charge in [0.1, 0.15) is 11.2 Å². The highest BCUT2D eigenvalue weighted by molar-refractivity contribution is 6.29. The molecule has 1 nitrogen and oxygen atoms in total. The second kappa shape index (κ2) is 15.8. The van der Waals surface area contributed by atoms with Crippen LogP contribution in [-0.4, -0.2) is 0 Å². The van der Waals surface area contributed by atoms with Crippen LogP contribution in [0.15, 0.2) is 259 Å². The minimum absolute atomic E-state index is 0.874. The van der Waals surface area contributed by atoms with Crippen LogP contribution in [0.1, 0.15) is 0 Å². The minimum atomic E-state index is 0.874. The van der Waals surface area contributed by atoms with Crippen LogP contribution in [-0.2, 0) is 0 Å². The fourth-order valence-corrected chi connectivity index (χ4v) is 11.5. The summed E-state index contributed by atoms with van der Waals surface area (Å²) in [6.07, 6.45) is 0. The summed E-state index contributed by atoms with van der Waals surface area (Å²) in [5, 5.41) is 14.4. The lowest BCUT2D eigenvalue weighted by atomic mass is 9.83. The monoisotopic (exact) mass is 874 g/mol. The molecule has 0 aliphatic heterocycles. The first-order chi connectivity index (χ1) is 34.3. The summed E-state index contributed by atoms with van der Waals surface area (Å²) in [6, 6.07) is 93.0. The molecule has 69 heavy (non-hydrogen) atoms. The molecule has 0 N–H and O–H groups in total. The topological polar surface area (TPSA) is 13.1 Å².